The molecule has 164 valence electrons. The van der Waals surface area contributed by atoms with Crippen molar-refractivity contribution < 1.29 is 42.4 Å². The Morgan fingerprint density at radius 2 is 2.17 bits per heavy atom. The van der Waals surface area contributed by atoms with Crippen LogP contribution in [0.2, 0.25) is 0 Å². The number of carbonyl (C=O) groups excluding carboxylic acids is 1. The summed E-state index contributed by atoms with van der Waals surface area (Å²) < 4.78 is 43.1. The van der Waals surface area contributed by atoms with Gasteiger partial charge in [-0.25, -0.2) is 19.5 Å². The van der Waals surface area contributed by atoms with Crippen LogP contribution in [-0.4, -0.2) is 60.9 Å². The number of nitrogens with one attached hydrogen (secondary N) is 1. The number of rotatable bonds is 6. The predicted molar refractivity (Wildman–Crippen MR) is 101 cm³/mol. The van der Waals surface area contributed by atoms with Crippen LogP contribution in [0.4, 0.5) is 13.3 Å². The highest BCUT2D eigenvalue weighted by atomic mass is 32.1. The van der Waals surface area contributed by atoms with Crippen molar-refractivity contribution in [2.75, 3.05) is 26.3 Å². The molecule has 1 aliphatic heterocycles. The van der Waals surface area contributed by atoms with Gasteiger partial charge in [0.25, 0.3) is 0 Å². The lowest BCUT2D eigenvalue weighted by atomic mass is 10.1. The minimum absolute atomic E-state index is 0.0252. The molecule has 0 spiro atoms. The summed E-state index contributed by atoms with van der Waals surface area (Å²) in [6.45, 7) is 4.59. The van der Waals surface area contributed by atoms with Crippen molar-refractivity contribution in [3.05, 3.63) is 34.8 Å². The third-order valence-corrected chi connectivity index (χ3v) is 4.68. The second-order valence-electron chi connectivity index (χ2n) is 6.03. The normalized spacial score (nSPS) is 15.8. The van der Waals surface area contributed by atoms with E-state index in [0.717, 1.165) is 28.5 Å². The highest BCUT2D eigenvalue weighted by molar-refractivity contribution is 7.14. The van der Waals surface area contributed by atoms with Crippen LogP contribution in [0.5, 0.6) is 5.75 Å². The smallest absolute Gasteiger partial charge is 0.414 e. The SMILES string of the molecule is Cc1cnc(-c2cc(OC[C@H]3CNCCO3)cc(C(=O)O)c2)s1.O=C(OF)C(F)F. The van der Waals surface area contributed by atoms with Gasteiger partial charge in [-0.1, -0.05) is 0 Å². The summed E-state index contributed by atoms with van der Waals surface area (Å²) in [5.41, 5.74) is 0.939. The molecular weight excluding hydrogens is 429 g/mol. The fraction of sp³-hybridized carbons (Fsp3) is 0.389. The summed E-state index contributed by atoms with van der Waals surface area (Å²) in [5.74, 6) is -2.62. The Kier molecular flexibility index (Phi) is 9.02. The number of carboxylic acid groups (broad SMARTS) is 1. The maximum absolute atomic E-state index is 11.3. The number of ether oxygens (including phenoxy) is 2. The Bertz CT molecular complexity index is 858. The van der Waals surface area contributed by atoms with E-state index in [9.17, 15) is 23.2 Å². The molecule has 8 nitrogen and oxygen atoms in total. The van der Waals surface area contributed by atoms with Gasteiger partial charge in [0.15, 0.2) is 0 Å². The molecule has 1 atom stereocenters. The molecule has 30 heavy (non-hydrogen) atoms. The molecule has 0 aliphatic carbocycles. The zero-order chi connectivity index (χ0) is 22.1. The zero-order valence-electron chi connectivity index (χ0n) is 15.8. The minimum Gasteiger partial charge on any atom is -0.491 e. The van der Waals surface area contributed by atoms with Gasteiger partial charge >= 0.3 is 18.4 Å². The Labute approximate surface area is 173 Å². The van der Waals surface area contributed by atoms with E-state index in [1.807, 2.05) is 13.0 Å². The first-order valence-electron chi connectivity index (χ1n) is 8.67. The third kappa shape index (κ3) is 7.28. The monoisotopic (exact) mass is 448 g/mol. The van der Waals surface area contributed by atoms with Gasteiger partial charge in [-0.2, -0.15) is 8.78 Å². The summed E-state index contributed by atoms with van der Waals surface area (Å²) in [7, 11) is 0. The maximum atomic E-state index is 11.3. The molecule has 1 fully saturated rings. The van der Waals surface area contributed by atoms with Crippen LogP contribution in [0, 0.1) is 6.92 Å². The summed E-state index contributed by atoms with van der Waals surface area (Å²) >= 11 is 1.52. The largest absolute Gasteiger partial charge is 0.491 e. The van der Waals surface area contributed by atoms with E-state index in [0.29, 0.717) is 19.0 Å². The van der Waals surface area contributed by atoms with E-state index in [-0.39, 0.29) is 11.7 Å². The lowest BCUT2D eigenvalue weighted by molar-refractivity contribution is -0.196. The lowest BCUT2D eigenvalue weighted by Gasteiger charge is -2.23. The summed E-state index contributed by atoms with van der Waals surface area (Å²) in [6, 6.07) is 4.97. The van der Waals surface area contributed by atoms with Crippen molar-refractivity contribution in [2.24, 2.45) is 0 Å². The van der Waals surface area contributed by atoms with Crippen molar-refractivity contribution >= 4 is 23.3 Å². The summed E-state index contributed by atoms with van der Waals surface area (Å²) in [6.07, 6.45) is -1.62. The van der Waals surface area contributed by atoms with Crippen molar-refractivity contribution in [1.29, 1.82) is 0 Å². The fourth-order valence-corrected chi connectivity index (χ4v) is 3.12. The number of aromatic nitrogens is 1. The van der Waals surface area contributed by atoms with Crippen LogP contribution >= 0.6 is 11.3 Å². The van der Waals surface area contributed by atoms with Crippen LogP contribution in [0.15, 0.2) is 24.4 Å². The number of carbonyl (C=O) groups is 2. The molecule has 2 aromatic rings. The molecular formula is C18H19F3N2O6S. The van der Waals surface area contributed by atoms with Crippen LogP contribution < -0.4 is 10.1 Å². The average molecular weight is 448 g/mol. The van der Waals surface area contributed by atoms with E-state index in [1.165, 1.54) is 17.4 Å². The number of aromatic carboxylic acids is 1. The van der Waals surface area contributed by atoms with Crippen LogP contribution in [-0.2, 0) is 14.5 Å². The van der Waals surface area contributed by atoms with Gasteiger partial charge in [0.2, 0.25) is 0 Å². The Morgan fingerprint density at radius 1 is 1.40 bits per heavy atom. The van der Waals surface area contributed by atoms with Gasteiger partial charge in [-0.3, -0.25) is 0 Å². The van der Waals surface area contributed by atoms with Crippen molar-refractivity contribution in [2.45, 2.75) is 19.5 Å². The Balaban J connectivity index is 0.000000396. The maximum Gasteiger partial charge on any atom is 0.414 e. The van der Waals surface area contributed by atoms with Gasteiger partial charge in [-0.05, 0) is 25.1 Å². The van der Waals surface area contributed by atoms with E-state index in [4.69, 9.17) is 14.3 Å². The van der Waals surface area contributed by atoms with E-state index < -0.39 is 18.4 Å². The first kappa shape index (κ1) is 23.6. The molecule has 0 saturated carbocycles. The van der Waals surface area contributed by atoms with Gasteiger partial charge < -0.3 is 19.9 Å². The first-order chi connectivity index (χ1) is 14.3. The Hall–Kier alpha value is -2.70. The topological polar surface area (TPSA) is 107 Å². The molecule has 0 radical (unpaired) electrons. The molecule has 0 unspecified atom stereocenters. The molecule has 1 aliphatic rings. The second-order valence-corrected chi connectivity index (χ2v) is 7.27. The molecule has 1 saturated heterocycles. The van der Waals surface area contributed by atoms with E-state index >= 15 is 0 Å². The van der Waals surface area contributed by atoms with Crippen molar-refractivity contribution in [3.63, 3.8) is 0 Å². The second kappa shape index (κ2) is 11.5. The number of aryl methyl sites for hydroxylation is 1. The fourth-order valence-electron chi connectivity index (χ4n) is 2.37. The molecule has 0 bridgehead atoms. The van der Waals surface area contributed by atoms with E-state index in [1.54, 1.807) is 12.3 Å². The molecule has 12 heteroatoms. The number of hydrogen-bond donors (Lipinski definition) is 2. The Morgan fingerprint density at radius 3 is 2.67 bits per heavy atom. The molecule has 2 N–H and O–H groups in total. The molecule has 0 amide bonds. The quantitative estimate of drug-likeness (QED) is 0.695. The van der Waals surface area contributed by atoms with Crippen LogP contribution in [0.1, 0.15) is 15.2 Å². The number of thiazole rings is 1. The van der Waals surface area contributed by atoms with Crippen LogP contribution in [0.25, 0.3) is 10.6 Å². The number of hydrogen-bond acceptors (Lipinski definition) is 8. The number of halogens is 3. The number of nitrogens with zero attached hydrogens (tertiary/aromatic N) is 1. The molecule has 3 rings (SSSR count). The average Bonchev–Trinajstić information content (AvgIpc) is 3.19. The van der Waals surface area contributed by atoms with Crippen LogP contribution in [0.3, 0.4) is 0 Å². The van der Waals surface area contributed by atoms with Gasteiger partial charge in [0.1, 0.15) is 23.5 Å². The number of morpholine rings is 1. The van der Waals surface area contributed by atoms with Crippen molar-refractivity contribution in [3.8, 4) is 16.3 Å². The third-order valence-electron chi connectivity index (χ3n) is 3.72. The molecule has 1 aromatic carbocycles. The van der Waals surface area contributed by atoms with Crippen molar-refractivity contribution in [1.82, 2.24) is 10.3 Å². The van der Waals surface area contributed by atoms with Gasteiger partial charge in [0.05, 0.1) is 12.2 Å². The van der Waals surface area contributed by atoms with E-state index in [2.05, 4.69) is 15.2 Å². The highest BCUT2D eigenvalue weighted by Gasteiger charge is 2.17. The first-order valence-corrected chi connectivity index (χ1v) is 9.48. The molecule has 2 heterocycles. The standard InChI is InChI=1S/C16H18N2O4S.C2HF3O2/c1-10-7-18-15(23-10)11-4-12(16(19)20)6-13(5-11)22-9-14-8-17-2-3-21-14;3-1(4)2(6)7-5/h4-7,14,17H,2-3,8-9H2,1H3,(H,19,20);1H/t14-;/m1./s1. The van der Waals surface area contributed by atoms with Gasteiger partial charge in [0, 0.05) is 34.3 Å². The van der Waals surface area contributed by atoms with Gasteiger partial charge in [-0.15, -0.1) is 11.3 Å². The summed E-state index contributed by atoms with van der Waals surface area (Å²) in [4.78, 5) is 28.0. The minimum atomic E-state index is -3.37. The number of carboxylic acids is 1. The summed E-state index contributed by atoms with van der Waals surface area (Å²) in [5, 5.41) is 13.3. The number of benzene rings is 1. The molecule has 1 aromatic heterocycles. The number of alkyl halides is 2. The zero-order valence-corrected chi connectivity index (χ0v) is 16.6. The predicted octanol–water partition coefficient (Wildman–Crippen LogP) is 2.86. The lowest BCUT2D eigenvalue weighted by Crippen LogP contribution is -2.41. The highest BCUT2D eigenvalue weighted by Crippen LogP contribution is 2.29.